The molecular weight excluding hydrogens is 262 g/mol. The summed E-state index contributed by atoms with van der Waals surface area (Å²) in [6, 6.07) is 4.63. The van der Waals surface area contributed by atoms with Crippen molar-refractivity contribution in [3.05, 3.63) is 30.1 Å². The Hall–Kier alpha value is -1.42. The molecule has 2 atom stereocenters. The third-order valence-corrected chi connectivity index (χ3v) is 4.81. The first kappa shape index (κ1) is 14.5. The van der Waals surface area contributed by atoms with E-state index < -0.39 is 0 Å². The van der Waals surface area contributed by atoms with E-state index in [4.69, 9.17) is 0 Å². The van der Waals surface area contributed by atoms with Crippen molar-refractivity contribution in [1.29, 1.82) is 0 Å². The molecule has 2 aliphatic rings. The van der Waals surface area contributed by atoms with Gasteiger partial charge in [-0.15, -0.1) is 0 Å². The average molecular weight is 287 g/mol. The van der Waals surface area contributed by atoms with Crippen LogP contribution in [0.1, 0.15) is 38.2 Å². The van der Waals surface area contributed by atoms with Crippen LogP contribution < -0.4 is 5.32 Å². The zero-order valence-electron chi connectivity index (χ0n) is 12.8. The monoisotopic (exact) mass is 287 g/mol. The highest BCUT2D eigenvalue weighted by atomic mass is 16.2. The van der Waals surface area contributed by atoms with Crippen LogP contribution >= 0.6 is 0 Å². The fourth-order valence-electron chi connectivity index (χ4n) is 3.25. The van der Waals surface area contributed by atoms with Gasteiger partial charge >= 0.3 is 0 Å². The second-order valence-electron chi connectivity index (χ2n) is 6.36. The molecule has 21 heavy (non-hydrogen) atoms. The second kappa shape index (κ2) is 6.56. The van der Waals surface area contributed by atoms with Gasteiger partial charge in [-0.1, -0.05) is 13.3 Å². The highest BCUT2D eigenvalue weighted by Crippen LogP contribution is 2.33. The van der Waals surface area contributed by atoms with Crippen LogP contribution in [0.2, 0.25) is 0 Å². The van der Waals surface area contributed by atoms with Crippen molar-refractivity contribution >= 4 is 5.91 Å². The Morgan fingerprint density at radius 1 is 1.33 bits per heavy atom. The van der Waals surface area contributed by atoms with Crippen LogP contribution in [-0.2, 0) is 11.3 Å². The fraction of sp³-hybridized carbons (Fsp3) is 0.647. The molecule has 2 heterocycles. The average Bonchev–Trinajstić information content (AvgIpc) is 3.38. The Morgan fingerprint density at radius 2 is 2.10 bits per heavy atom. The minimum Gasteiger partial charge on any atom is -0.342 e. The van der Waals surface area contributed by atoms with Gasteiger partial charge in [-0.3, -0.25) is 9.78 Å². The Bertz CT molecular complexity index is 472. The van der Waals surface area contributed by atoms with Crippen LogP contribution in [0.25, 0.3) is 0 Å². The summed E-state index contributed by atoms with van der Waals surface area (Å²) in [4.78, 5) is 18.4. The summed E-state index contributed by atoms with van der Waals surface area (Å²) in [6.45, 7) is 4.97. The van der Waals surface area contributed by atoms with Gasteiger partial charge in [0.15, 0.2) is 0 Å². The van der Waals surface area contributed by atoms with E-state index in [0.29, 0.717) is 23.8 Å². The van der Waals surface area contributed by atoms with Crippen molar-refractivity contribution in [1.82, 2.24) is 15.2 Å². The van der Waals surface area contributed by atoms with Crippen LogP contribution in [0, 0.1) is 11.8 Å². The third-order valence-electron chi connectivity index (χ3n) is 4.81. The molecule has 1 aromatic heterocycles. The lowest BCUT2D eigenvalue weighted by atomic mass is 9.89. The Balaban J connectivity index is 1.53. The van der Waals surface area contributed by atoms with E-state index >= 15 is 0 Å². The lowest BCUT2D eigenvalue weighted by molar-refractivity contribution is -0.134. The van der Waals surface area contributed by atoms with E-state index in [9.17, 15) is 4.79 Å². The standard InChI is InChI=1S/C17H25N3O/c1-2-14-12-20(17(21)15-3-4-15)10-7-16(14)19-11-13-5-8-18-9-6-13/h5-6,8-9,14-16,19H,2-4,7,10-12H2,1H3/t14-,16-/m1/s1. The largest absolute Gasteiger partial charge is 0.342 e. The summed E-state index contributed by atoms with van der Waals surface area (Å²) in [6.07, 6.45) is 8.09. The van der Waals surface area contributed by atoms with Gasteiger partial charge in [0.2, 0.25) is 5.91 Å². The number of carbonyl (C=O) groups is 1. The normalized spacial score (nSPS) is 25.9. The summed E-state index contributed by atoms with van der Waals surface area (Å²) < 4.78 is 0. The van der Waals surface area contributed by atoms with Crippen molar-refractivity contribution in [3.63, 3.8) is 0 Å². The summed E-state index contributed by atoms with van der Waals surface area (Å²) in [5.41, 5.74) is 1.27. The van der Waals surface area contributed by atoms with E-state index in [1.807, 2.05) is 12.4 Å². The number of rotatable bonds is 5. The van der Waals surface area contributed by atoms with Gasteiger partial charge < -0.3 is 10.2 Å². The lowest BCUT2D eigenvalue weighted by Crippen LogP contribution is -2.51. The molecule has 2 fully saturated rings. The number of nitrogens with zero attached hydrogens (tertiary/aromatic N) is 2. The molecule has 1 saturated carbocycles. The van der Waals surface area contributed by atoms with Crippen LogP contribution in [0.15, 0.2) is 24.5 Å². The van der Waals surface area contributed by atoms with Crippen LogP contribution in [0.5, 0.6) is 0 Å². The van der Waals surface area contributed by atoms with Gasteiger partial charge in [0.1, 0.15) is 0 Å². The molecule has 0 aromatic carbocycles. The molecule has 0 bridgehead atoms. The molecule has 0 unspecified atom stereocenters. The molecular formula is C17H25N3O. The minimum absolute atomic E-state index is 0.351. The van der Waals surface area contributed by atoms with E-state index in [1.165, 1.54) is 5.56 Å². The maximum absolute atomic E-state index is 12.2. The number of hydrogen-bond acceptors (Lipinski definition) is 3. The van der Waals surface area contributed by atoms with Crippen molar-refractivity contribution < 1.29 is 4.79 Å². The molecule has 1 saturated heterocycles. The lowest BCUT2D eigenvalue weighted by Gasteiger charge is -2.39. The molecule has 4 nitrogen and oxygen atoms in total. The number of hydrogen-bond donors (Lipinski definition) is 1. The van der Waals surface area contributed by atoms with Crippen LogP contribution in [0.4, 0.5) is 0 Å². The van der Waals surface area contributed by atoms with Gasteiger partial charge in [0.25, 0.3) is 0 Å². The van der Waals surface area contributed by atoms with E-state index in [2.05, 4.69) is 34.3 Å². The molecule has 114 valence electrons. The van der Waals surface area contributed by atoms with Gasteiger partial charge in [0, 0.05) is 44.0 Å². The van der Waals surface area contributed by atoms with E-state index in [0.717, 1.165) is 45.3 Å². The summed E-state index contributed by atoms with van der Waals surface area (Å²) in [5, 5.41) is 3.68. The SMILES string of the molecule is CC[C@@H]1CN(C(=O)C2CC2)CC[C@H]1NCc1ccncc1. The number of likely N-dealkylation sites (tertiary alicyclic amines) is 1. The van der Waals surface area contributed by atoms with Gasteiger partial charge in [-0.25, -0.2) is 0 Å². The van der Waals surface area contributed by atoms with Gasteiger partial charge in [0.05, 0.1) is 0 Å². The highest BCUT2D eigenvalue weighted by molar-refractivity contribution is 5.81. The van der Waals surface area contributed by atoms with Crippen LogP contribution in [0.3, 0.4) is 0 Å². The molecule has 1 aromatic rings. The summed E-state index contributed by atoms with van der Waals surface area (Å²) >= 11 is 0. The van der Waals surface area contributed by atoms with Gasteiger partial charge in [-0.2, -0.15) is 0 Å². The maximum atomic E-state index is 12.2. The Morgan fingerprint density at radius 3 is 2.76 bits per heavy atom. The Labute approximate surface area is 126 Å². The molecule has 0 radical (unpaired) electrons. The Kier molecular flexibility index (Phi) is 4.54. The second-order valence-corrected chi connectivity index (χ2v) is 6.36. The zero-order valence-corrected chi connectivity index (χ0v) is 12.8. The topological polar surface area (TPSA) is 45.2 Å². The molecule has 1 amide bonds. The maximum Gasteiger partial charge on any atom is 0.225 e. The van der Waals surface area contributed by atoms with Crippen molar-refractivity contribution in [2.24, 2.45) is 11.8 Å². The number of amides is 1. The van der Waals surface area contributed by atoms with E-state index in [-0.39, 0.29) is 0 Å². The number of nitrogens with one attached hydrogen (secondary N) is 1. The van der Waals surface area contributed by atoms with Crippen molar-refractivity contribution in [3.8, 4) is 0 Å². The first-order valence-corrected chi connectivity index (χ1v) is 8.19. The minimum atomic E-state index is 0.351. The number of aromatic nitrogens is 1. The summed E-state index contributed by atoms with van der Waals surface area (Å²) in [7, 11) is 0. The molecule has 1 aliphatic heterocycles. The van der Waals surface area contributed by atoms with Crippen LogP contribution in [-0.4, -0.2) is 34.9 Å². The third kappa shape index (κ3) is 3.62. The molecule has 4 heteroatoms. The predicted molar refractivity (Wildman–Crippen MR) is 82.6 cm³/mol. The smallest absolute Gasteiger partial charge is 0.225 e. The molecule has 3 rings (SSSR count). The quantitative estimate of drug-likeness (QED) is 0.903. The number of piperidine rings is 1. The molecule has 1 N–H and O–H groups in total. The van der Waals surface area contributed by atoms with Gasteiger partial charge in [-0.05, 0) is 42.9 Å². The first-order valence-electron chi connectivity index (χ1n) is 8.19. The fourth-order valence-corrected chi connectivity index (χ4v) is 3.25. The first-order chi connectivity index (χ1) is 10.3. The molecule has 0 spiro atoms. The zero-order chi connectivity index (χ0) is 14.7. The number of pyridine rings is 1. The van der Waals surface area contributed by atoms with E-state index in [1.54, 1.807) is 0 Å². The van der Waals surface area contributed by atoms with Crippen molar-refractivity contribution in [2.45, 2.75) is 45.2 Å². The highest BCUT2D eigenvalue weighted by Gasteiger charge is 2.37. The van der Waals surface area contributed by atoms with Crippen molar-refractivity contribution in [2.75, 3.05) is 13.1 Å². The molecule has 1 aliphatic carbocycles. The summed E-state index contributed by atoms with van der Waals surface area (Å²) in [5.74, 6) is 1.33. The predicted octanol–water partition coefficient (Wildman–Crippen LogP) is 2.21. The number of carbonyl (C=O) groups excluding carboxylic acids is 1.